The molecule has 0 saturated carbocycles. The molecule has 1 aromatic carbocycles. The zero-order chi connectivity index (χ0) is 26.9. The summed E-state index contributed by atoms with van der Waals surface area (Å²) < 4.78 is 0. The predicted molar refractivity (Wildman–Crippen MR) is 134 cm³/mol. The third-order valence-corrected chi connectivity index (χ3v) is 5.10. The molecule has 1 aromatic rings. The lowest BCUT2D eigenvalue weighted by atomic mass is 10.0. The van der Waals surface area contributed by atoms with Crippen LogP contribution in [0.4, 0.5) is 5.69 Å². The molecule has 0 aromatic heterocycles. The molecule has 0 aliphatic heterocycles. The first-order valence-corrected chi connectivity index (χ1v) is 11.6. The molecule has 0 aliphatic carbocycles. The number of aliphatic carboxylic acids is 3. The highest BCUT2D eigenvalue weighted by atomic mass is 32.1. The first kappa shape index (κ1) is 31.2. The molecule has 0 fully saturated rings. The molecule has 0 amide bonds. The number of carboxylic acid groups (broad SMARTS) is 3. The van der Waals surface area contributed by atoms with Crippen LogP contribution < -0.4 is 10.6 Å². The summed E-state index contributed by atoms with van der Waals surface area (Å²) in [7, 11) is 0. The molecule has 1 rings (SSSR count). The third kappa shape index (κ3) is 15.2. The van der Waals surface area contributed by atoms with E-state index in [1.165, 1.54) is 0 Å². The molecule has 13 nitrogen and oxygen atoms in total. The Balaban J connectivity index is 2.87. The largest absolute Gasteiger partial charge is 0.480 e. The molecule has 1 atom stereocenters. The van der Waals surface area contributed by atoms with Crippen molar-refractivity contribution in [2.24, 2.45) is 4.99 Å². The zero-order valence-corrected chi connectivity index (χ0v) is 20.6. The normalized spacial score (nSPS) is 12.0. The van der Waals surface area contributed by atoms with Gasteiger partial charge in [-0.25, -0.2) is 0 Å². The summed E-state index contributed by atoms with van der Waals surface area (Å²) in [6.45, 7) is 0.362. The molecule has 0 bridgehead atoms. The van der Waals surface area contributed by atoms with Gasteiger partial charge in [0.2, 0.25) is 0 Å². The van der Waals surface area contributed by atoms with Crippen molar-refractivity contribution in [1.82, 2.24) is 20.4 Å². The predicted octanol–water partition coefficient (Wildman–Crippen LogP) is -1.32. The number of isothiocyanates is 1. The second kappa shape index (κ2) is 17.6. The number of hydrogen-bond donors (Lipinski definition) is 7. The lowest BCUT2D eigenvalue weighted by Gasteiger charge is -2.30. The SMILES string of the molecule is O=C(O)CNCCN(CCN(CC(=O)O)CC(Cc1ccc(N=C=S)cc1)NCC(=O)O)CC(O)O. The topological polar surface area (TPSA) is 195 Å². The summed E-state index contributed by atoms with van der Waals surface area (Å²) in [6.07, 6.45) is -1.20. The van der Waals surface area contributed by atoms with Gasteiger partial charge in [0.1, 0.15) is 0 Å². The molecular weight excluding hydrogens is 494 g/mol. The minimum atomic E-state index is -1.62. The van der Waals surface area contributed by atoms with Gasteiger partial charge in [-0.05, 0) is 36.3 Å². The number of carboxylic acids is 3. The first-order valence-electron chi connectivity index (χ1n) is 11.2. The number of nitrogens with one attached hydrogen (secondary N) is 2. The molecule has 0 aliphatic rings. The average molecular weight is 528 g/mol. The van der Waals surface area contributed by atoms with Gasteiger partial charge in [-0.1, -0.05) is 12.1 Å². The number of aliphatic hydroxyl groups excluding tert-OH is 1. The van der Waals surface area contributed by atoms with Gasteiger partial charge < -0.3 is 36.2 Å². The fourth-order valence-corrected chi connectivity index (χ4v) is 3.56. The fraction of sp³-hybridized carbons (Fsp3) is 0.545. The van der Waals surface area contributed by atoms with Gasteiger partial charge in [0.05, 0.1) is 30.5 Å². The van der Waals surface area contributed by atoms with Crippen molar-refractivity contribution in [3.8, 4) is 0 Å². The first-order chi connectivity index (χ1) is 17.1. The van der Waals surface area contributed by atoms with Gasteiger partial charge in [0.25, 0.3) is 0 Å². The van der Waals surface area contributed by atoms with E-state index >= 15 is 0 Å². The number of benzene rings is 1. The Kier molecular flexibility index (Phi) is 15.3. The minimum absolute atomic E-state index is 0.104. The molecule has 14 heteroatoms. The maximum absolute atomic E-state index is 11.5. The van der Waals surface area contributed by atoms with Crippen LogP contribution in [0.3, 0.4) is 0 Å². The molecule has 0 radical (unpaired) electrons. The quantitative estimate of drug-likeness (QED) is 0.0457. The second-order valence-electron chi connectivity index (χ2n) is 8.03. The molecule has 1 unspecified atom stereocenters. The number of carbonyl (C=O) groups is 3. The molecule has 7 N–H and O–H groups in total. The van der Waals surface area contributed by atoms with Gasteiger partial charge in [0, 0.05) is 45.3 Å². The van der Waals surface area contributed by atoms with Crippen LogP contribution in [-0.4, -0.2) is 130 Å². The fourth-order valence-electron chi connectivity index (χ4n) is 3.46. The number of rotatable bonds is 20. The Morgan fingerprint density at radius 1 is 0.917 bits per heavy atom. The van der Waals surface area contributed by atoms with Crippen LogP contribution in [0.2, 0.25) is 0 Å². The van der Waals surface area contributed by atoms with Crippen LogP contribution in [0.5, 0.6) is 0 Å². The van der Waals surface area contributed by atoms with E-state index in [-0.39, 0.29) is 52.4 Å². The monoisotopic (exact) mass is 527 g/mol. The van der Waals surface area contributed by atoms with Crippen LogP contribution in [0.1, 0.15) is 5.56 Å². The van der Waals surface area contributed by atoms with Crippen molar-refractivity contribution in [1.29, 1.82) is 0 Å². The summed E-state index contributed by atoms with van der Waals surface area (Å²) >= 11 is 4.59. The number of nitrogens with zero attached hydrogens (tertiary/aromatic N) is 3. The standard InChI is InChI=1S/C22H33N5O8S/c28-19(29)10-23-5-6-26(13-21(32)33)7-8-27(14-22(34)35)12-18(24-11-20(30)31)9-16-1-3-17(4-2-16)25-15-36/h1-4,18,21,23-24,32-33H,5-14H2,(H,28,29)(H,30,31)(H,34,35). The summed E-state index contributed by atoms with van der Waals surface area (Å²) in [6, 6.07) is 6.73. The summed E-state index contributed by atoms with van der Waals surface area (Å²) in [5.74, 6) is -3.13. The Morgan fingerprint density at radius 3 is 2.11 bits per heavy atom. The van der Waals surface area contributed by atoms with Gasteiger partial charge in [-0.3, -0.25) is 24.2 Å². The van der Waals surface area contributed by atoms with Crippen LogP contribution in [0, 0.1) is 0 Å². The van der Waals surface area contributed by atoms with Crippen molar-refractivity contribution in [2.75, 3.05) is 58.9 Å². The van der Waals surface area contributed by atoms with Gasteiger partial charge in [-0.15, -0.1) is 0 Å². The molecule has 0 saturated heterocycles. The highest BCUT2D eigenvalue weighted by molar-refractivity contribution is 7.78. The summed E-state index contributed by atoms with van der Waals surface area (Å²) in [5.41, 5.74) is 1.51. The maximum Gasteiger partial charge on any atom is 0.317 e. The zero-order valence-electron chi connectivity index (χ0n) is 19.7. The highest BCUT2D eigenvalue weighted by Gasteiger charge is 2.19. The average Bonchev–Trinajstić information content (AvgIpc) is 2.78. The Hall–Kier alpha value is -2.81. The van der Waals surface area contributed by atoms with Gasteiger partial charge in [0.15, 0.2) is 6.29 Å². The van der Waals surface area contributed by atoms with E-state index in [2.05, 4.69) is 33.0 Å². The Morgan fingerprint density at radius 2 is 1.56 bits per heavy atom. The second-order valence-corrected chi connectivity index (χ2v) is 8.21. The van der Waals surface area contributed by atoms with Crippen LogP contribution in [0.15, 0.2) is 29.3 Å². The lowest BCUT2D eigenvalue weighted by molar-refractivity contribution is -0.139. The van der Waals surface area contributed by atoms with E-state index in [4.69, 9.17) is 10.2 Å². The molecular formula is C22H33N5O8S. The van der Waals surface area contributed by atoms with E-state index in [1.54, 1.807) is 21.9 Å². The smallest absolute Gasteiger partial charge is 0.317 e. The highest BCUT2D eigenvalue weighted by Crippen LogP contribution is 2.14. The van der Waals surface area contributed by atoms with Crippen molar-refractivity contribution >= 4 is 41.0 Å². The lowest BCUT2D eigenvalue weighted by Crippen LogP contribution is -2.48. The summed E-state index contributed by atoms with van der Waals surface area (Å²) in [5, 5.41) is 53.9. The van der Waals surface area contributed by atoms with E-state index in [0.717, 1.165) is 5.56 Å². The molecule has 0 spiro atoms. The van der Waals surface area contributed by atoms with Crippen molar-refractivity contribution in [2.45, 2.75) is 18.8 Å². The van der Waals surface area contributed by atoms with Gasteiger partial charge >= 0.3 is 17.9 Å². The molecule has 0 heterocycles. The summed E-state index contributed by atoms with van der Waals surface area (Å²) in [4.78, 5) is 40.4. The number of thiocarbonyl (C=S) groups is 1. The van der Waals surface area contributed by atoms with E-state index in [1.807, 2.05) is 12.1 Å². The molecule has 200 valence electrons. The number of hydrogen-bond acceptors (Lipinski definition) is 11. The number of aliphatic hydroxyl groups is 2. The maximum atomic E-state index is 11.5. The minimum Gasteiger partial charge on any atom is -0.480 e. The van der Waals surface area contributed by atoms with E-state index < -0.39 is 30.2 Å². The number of aliphatic imine (C=N–C) groups is 1. The van der Waals surface area contributed by atoms with Crippen LogP contribution >= 0.6 is 12.2 Å². The van der Waals surface area contributed by atoms with Crippen LogP contribution in [0.25, 0.3) is 0 Å². The van der Waals surface area contributed by atoms with E-state index in [9.17, 15) is 29.7 Å². The van der Waals surface area contributed by atoms with E-state index in [0.29, 0.717) is 18.7 Å². The third-order valence-electron chi connectivity index (χ3n) is 5.01. The Bertz CT molecular complexity index is 880. The van der Waals surface area contributed by atoms with Crippen molar-refractivity contribution in [3.05, 3.63) is 29.8 Å². The van der Waals surface area contributed by atoms with Crippen LogP contribution in [-0.2, 0) is 20.8 Å². The molecule has 36 heavy (non-hydrogen) atoms. The van der Waals surface area contributed by atoms with Crippen molar-refractivity contribution < 1.29 is 39.9 Å². The Labute approximate surface area is 214 Å². The van der Waals surface area contributed by atoms with Crippen molar-refractivity contribution in [3.63, 3.8) is 0 Å². The van der Waals surface area contributed by atoms with Gasteiger partial charge in [-0.2, -0.15) is 4.99 Å².